The smallest absolute Gasteiger partial charge is 0.382 e. The normalized spacial score (nSPS) is 14.3. The molecule has 4 rings (SSSR count). The van der Waals surface area contributed by atoms with Crippen LogP contribution in [0.4, 0.5) is 37.7 Å². The molecule has 9 nitrogen and oxygen atoms in total. The molecule has 0 saturated heterocycles. The van der Waals surface area contributed by atoms with Crippen molar-refractivity contribution >= 4 is 34.7 Å². The number of aldehydes is 1. The molecule has 0 radical (unpaired) electrons. The van der Waals surface area contributed by atoms with Crippen molar-refractivity contribution in [2.24, 2.45) is 7.05 Å². The highest BCUT2D eigenvalue weighted by Crippen LogP contribution is 2.41. The van der Waals surface area contributed by atoms with Crippen molar-refractivity contribution in [3.63, 3.8) is 0 Å². The zero-order valence-corrected chi connectivity index (χ0v) is 18.0. The number of amides is 1. The maximum atomic E-state index is 13.7. The summed E-state index contributed by atoms with van der Waals surface area (Å²) in [6, 6.07) is 0.900. The number of alkyl halides is 6. The molecular formula is C20H16F6N6O3. The molecule has 2 N–H and O–H groups in total. The van der Waals surface area contributed by atoms with Crippen molar-refractivity contribution < 1.29 is 35.9 Å². The summed E-state index contributed by atoms with van der Waals surface area (Å²) < 4.78 is 81.8. The molecule has 3 heterocycles. The van der Waals surface area contributed by atoms with E-state index in [9.17, 15) is 40.7 Å². The number of rotatable bonds is 5. The lowest BCUT2D eigenvalue weighted by atomic mass is 10.1. The van der Waals surface area contributed by atoms with Crippen LogP contribution < -0.4 is 16.2 Å². The Morgan fingerprint density at radius 1 is 1.11 bits per heavy atom. The minimum absolute atomic E-state index is 0.160. The topological polar surface area (TPSA) is 111 Å². The van der Waals surface area contributed by atoms with Crippen LogP contribution in [-0.2, 0) is 19.4 Å². The van der Waals surface area contributed by atoms with Gasteiger partial charge in [-0.3, -0.25) is 19.0 Å². The Balaban J connectivity index is 1.82. The van der Waals surface area contributed by atoms with Crippen LogP contribution >= 0.6 is 0 Å². The number of carbonyl (C=O) groups is 2. The predicted octanol–water partition coefficient (Wildman–Crippen LogP) is 3.61. The first-order valence-corrected chi connectivity index (χ1v) is 10.0. The molecule has 0 aliphatic heterocycles. The van der Waals surface area contributed by atoms with Crippen LogP contribution in [0.15, 0.2) is 16.9 Å². The van der Waals surface area contributed by atoms with Crippen LogP contribution in [-0.4, -0.2) is 38.3 Å². The van der Waals surface area contributed by atoms with Gasteiger partial charge in [0.2, 0.25) is 5.82 Å². The number of hydrogen-bond acceptors (Lipinski definition) is 6. The first kappa shape index (κ1) is 24.2. The second-order valence-electron chi connectivity index (χ2n) is 7.81. The second kappa shape index (κ2) is 8.09. The molecule has 186 valence electrons. The number of nitrogens with zero attached hydrogens (tertiary/aromatic N) is 4. The first-order valence-electron chi connectivity index (χ1n) is 10.0. The SMILES string of the molecule is CNc1c(NC(=O)c2nc3nc(C(F)(F)F)n(C)c3cc2C=O)cc(C(F)(F)F)n(C2CC2)c1=O. The van der Waals surface area contributed by atoms with Gasteiger partial charge in [0.15, 0.2) is 11.9 Å². The van der Waals surface area contributed by atoms with E-state index in [2.05, 4.69) is 20.6 Å². The number of hydrogen-bond donors (Lipinski definition) is 2. The third kappa shape index (κ3) is 4.21. The molecule has 0 spiro atoms. The minimum Gasteiger partial charge on any atom is -0.382 e. The summed E-state index contributed by atoms with van der Waals surface area (Å²) in [6.45, 7) is 0. The summed E-state index contributed by atoms with van der Waals surface area (Å²) in [6.07, 6.45) is -8.84. The van der Waals surface area contributed by atoms with E-state index in [4.69, 9.17) is 0 Å². The fraction of sp³-hybridized carbons (Fsp3) is 0.350. The summed E-state index contributed by atoms with van der Waals surface area (Å²) in [5.74, 6) is -2.55. The van der Waals surface area contributed by atoms with Crippen LogP contribution in [0.2, 0.25) is 0 Å². The average Bonchev–Trinajstić information content (AvgIpc) is 3.54. The number of nitrogens with one attached hydrogen (secondary N) is 2. The molecule has 0 aromatic carbocycles. The summed E-state index contributed by atoms with van der Waals surface area (Å²) in [5, 5.41) is 4.58. The molecular weight excluding hydrogens is 486 g/mol. The van der Waals surface area contributed by atoms with Crippen molar-refractivity contribution in [2.75, 3.05) is 17.7 Å². The number of aromatic nitrogens is 4. The number of carbonyl (C=O) groups excluding carboxylic acids is 2. The standard InChI is InChI=1S/C20H16F6N6O3/c1-27-14-10(6-12(19(21,22)23)32(17(14)35)9-3-4-9)28-16(34)13-8(7-33)5-11-15(29-13)30-18(31(11)2)20(24,25)26/h5-7,9,27H,3-4H2,1-2H3,(H,28,34). The van der Waals surface area contributed by atoms with E-state index in [1.807, 2.05) is 0 Å². The van der Waals surface area contributed by atoms with Crippen molar-refractivity contribution in [2.45, 2.75) is 31.2 Å². The van der Waals surface area contributed by atoms with E-state index in [1.54, 1.807) is 0 Å². The number of imidazole rings is 1. The number of pyridine rings is 2. The zero-order chi connectivity index (χ0) is 25.9. The third-order valence-electron chi connectivity index (χ3n) is 5.44. The van der Waals surface area contributed by atoms with Gasteiger partial charge in [-0.1, -0.05) is 0 Å². The summed E-state index contributed by atoms with van der Waals surface area (Å²) in [7, 11) is 2.31. The molecule has 1 aliphatic carbocycles. The van der Waals surface area contributed by atoms with Crippen LogP contribution in [0.25, 0.3) is 11.2 Å². The van der Waals surface area contributed by atoms with Gasteiger partial charge in [0, 0.05) is 25.7 Å². The summed E-state index contributed by atoms with van der Waals surface area (Å²) in [4.78, 5) is 44.3. The highest BCUT2D eigenvalue weighted by Gasteiger charge is 2.41. The van der Waals surface area contributed by atoms with Crippen LogP contribution in [0.5, 0.6) is 0 Å². The van der Waals surface area contributed by atoms with Gasteiger partial charge < -0.3 is 15.2 Å². The molecule has 0 atom stereocenters. The summed E-state index contributed by atoms with van der Waals surface area (Å²) in [5.41, 5.74) is -4.99. The van der Waals surface area contributed by atoms with Crippen LogP contribution in [0.1, 0.15) is 51.2 Å². The van der Waals surface area contributed by atoms with E-state index < -0.39 is 64.0 Å². The Kier molecular flexibility index (Phi) is 5.60. The molecule has 0 unspecified atom stereocenters. The Morgan fingerprint density at radius 2 is 1.77 bits per heavy atom. The Bertz CT molecular complexity index is 1420. The van der Waals surface area contributed by atoms with E-state index in [0.29, 0.717) is 28.0 Å². The van der Waals surface area contributed by atoms with Gasteiger partial charge >= 0.3 is 12.4 Å². The molecule has 1 amide bonds. The molecule has 0 bridgehead atoms. The Hall–Kier alpha value is -3.91. The fourth-order valence-corrected chi connectivity index (χ4v) is 3.71. The Morgan fingerprint density at radius 3 is 2.29 bits per heavy atom. The van der Waals surface area contributed by atoms with E-state index in [1.165, 1.54) is 7.05 Å². The van der Waals surface area contributed by atoms with Gasteiger partial charge in [-0.2, -0.15) is 26.3 Å². The summed E-state index contributed by atoms with van der Waals surface area (Å²) >= 11 is 0. The van der Waals surface area contributed by atoms with E-state index in [0.717, 1.165) is 13.1 Å². The maximum Gasteiger partial charge on any atom is 0.449 e. The van der Waals surface area contributed by atoms with Gasteiger partial charge in [0.05, 0.1) is 11.2 Å². The van der Waals surface area contributed by atoms with Gasteiger partial charge in [-0.25, -0.2) is 9.97 Å². The molecule has 1 aliphatic rings. The van der Waals surface area contributed by atoms with Crippen LogP contribution in [0.3, 0.4) is 0 Å². The predicted molar refractivity (Wildman–Crippen MR) is 110 cm³/mol. The van der Waals surface area contributed by atoms with Gasteiger partial charge in [-0.15, -0.1) is 0 Å². The Labute approximate surface area is 191 Å². The lowest BCUT2D eigenvalue weighted by Crippen LogP contribution is -2.31. The minimum atomic E-state index is -4.92. The molecule has 3 aromatic rings. The third-order valence-corrected chi connectivity index (χ3v) is 5.44. The van der Waals surface area contributed by atoms with Crippen LogP contribution in [0, 0.1) is 0 Å². The van der Waals surface area contributed by atoms with Gasteiger partial charge in [0.1, 0.15) is 17.1 Å². The number of halogens is 6. The monoisotopic (exact) mass is 502 g/mol. The van der Waals surface area contributed by atoms with Gasteiger partial charge in [-0.05, 0) is 25.0 Å². The van der Waals surface area contributed by atoms with E-state index >= 15 is 0 Å². The van der Waals surface area contributed by atoms with E-state index in [-0.39, 0.29) is 17.5 Å². The lowest BCUT2D eigenvalue weighted by Gasteiger charge is -2.19. The highest BCUT2D eigenvalue weighted by molar-refractivity contribution is 6.09. The van der Waals surface area contributed by atoms with Crippen molar-refractivity contribution in [1.82, 2.24) is 19.1 Å². The fourth-order valence-electron chi connectivity index (χ4n) is 3.71. The highest BCUT2D eigenvalue weighted by atomic mass is 19.4. The second-order valence-corrected chi connectivity index (χ2v) is 7.81. The van der Waals surface area contributed by atoms with Crippen molar-refractivity contribution in [1.29, 1.82) is 0 Å². The number of fused-ring (bicyclic) bond motifs is 1. The quantitative estimate of drug-likeness (QED) is 0.408. The number of aryl methyl sites for hydroxylation is 1. The number of anilines is 2. The molecule has 1 fully saturated rings. The first-order chi connectivity index (χ1) is 16.3. The van der Waals surface area contributed by atoms with Gasteiger partial charge in [0.25, 0.3) is 11.5 Å². The molecule has 35 heavy (non-hydrogen) atoms. The zero-order valence-electron chi connectivity index (χ0n) is 18.0. The average molecular weight is 502 g/mol. The van der Waals surface area contributed by atoms with Crippen molar-refractivity contribution in [3.8, 4) is 0 Å². The van der Waals surface area contributed by atoms with Crippen molar-refractivity contribution in [3.05, 3.63) is 45.3 Å². The maximum absolute atomic E-state index is 13.7. The molecule has 3 aromatic heterocycles. The largest absolute Gasteiger partial charge is 0.449 e. The molecule has 1 saturated carbocycles. The lowest BCUT2D eigenvalue weighted by molar-refractivity contribution is -0.146. The molecule has 15 heteroatoms.